The third-order valence-corrected chi connectivity index (χ3v) is 0. The number of carboxylic acid groups (broad SMARTS) is 1. The van der Waals surface area contributed by atoms with Crippen molar-refractivity contribution in [3.8, 4) is 0 Å². The molecule has 0 saturated carbocycles. The summed E-state index contributed by atoms with van der Waals surface area (Å²) in [5, 5.41) is 8.89. The summed E-state index contributed by atoms with van der Waals surface area (Å²) in [6, 6.07) is 0. The molecule has 0 spiro atoms. The number of hydrogen-bond acceptors (Lipinski definition) is 2. The molecule has 6 heavy (non-hydrogen) atoms. The molecule has 0 fully saturated rings. The Morgan fingerprint density at radius 3 is 1.67 bits per heavy atom. The van der Waals surface area contributed by atoms with Crippen molar-refractivity contribution in [1.29, 1.82) is 0 Å². The summed E-state index contributed by atoms with van der Waals surface area (Å²) in [4.78, 5) is 8.89. The van der Waals surface area contributed by atoms with E-state index in [1.165, 1.54) is 0 Å². The van der Waals surface area contributed by atoms with E-state index in [1.54, 1.807) is 0 Å². The Balaban J connectivity index is -0.0000000450. The molecule has 0 N–H and O–H groups in total. The molecule has 0 aliphatic heterocycles. The molecule has 0 saturated heterocycles. The number of aliphatic carboxylic acids is 1. The predicted molar refractivity (Wildman–Crippen MR) is 10.7 cm³/mol. The minimum Gasteiger partial charge on any atom is -1.00 e. The van der Waals surface area contributed by atoms with Crippen molar-refractivity contribution in [1.82, 2.24) is 0 Å². The van der Waals surface area contributed by atoms with Gasteiger partial charge in [-0.1, -0.05) is 0 Å². The molecule has 0 aliphatic carbocycles. The Kier molecular flexibility index (Phi) is 24.3. The van der Waals surface area contributed by atoms with Gasteiger partial charge in [0.05, 0.1) is 0 Å². The van der Waals surface area contributed by atoms with Crippen LogP contribution in [0.3, 0.4) is 0 Å². The molecule has 0 atom stereocenters. The van der Waals surface area contributed by atoms with Crippen LogP contribution < -0.4 is 17.5 Å². The molecular weight excluding hydrogens is 198 g/mol. The van der Waals surface area contributed by atoms with Crippen LogP contribution >= 0.6 is 0 Å². The van der Waals surface area contributed by atoms with Gasteiger partial charge in [-0.15, -0.1) is 0 Å². The molecule has 0 unspecified atom stereocenters. The van der Waals surface area contributed by atoms with E-state index in [4.69, 9.17) is 9.90 Å². The summed E-state index contributed by atoms with van der Waals surface area (Å²) in [7, 11) is 0. The van der Waals surface area contributed by atoms with Crippen molar-refractivity contribution in [2.24, 2.45) is 0 Å². The minimum absolute atomic E-state index is 0. The summed E-state index contributed by atoms with van der Waals surface area (Å²) in [6.45, 7) is 0.972. The molecule has 0 aliphatic rings. The fraction of sp³-hybridized carbons (Fsp3) is 0.500. The van der Waals surface area contributed by atoms with E-state index in [-0.39, 0.29) is 32.8 Å². The normalized spacial score (nSPS) is 4.17. The van der Waals surface area contributed by atoms with Gasteiger partial charge in [0.1, 0.15) is 0 Å². The smallest absolute Gasteiger partial charge is 1.00 e. The fourth-order valence-corrected chi connectivity index (χ4v) is 0. The number of carbonyl (C=O) groups is 1. The Morgan fingerprint density at radius 1 is 1.67 bits per heavy atom. The van der Waals surface area contributed by atoms with Crippen LogP contribution in [-0.4, -0.2) is 5.97 Å². The number of carbonyl (C=O) groups excluding carboxylic acids is 1. The van der Waals surface area contributed by atoms with Crippen LogP contribution in [0.4, 0.5) is 0 Å². The largest absolute Gasteiger partial charge is 2.00 e. The SMILES string of the molecule is CC(=O)[O-].[Cl-].[Pd+2]. The molecule has 0 radical (unpaired) electrons. The first kappa shape index (κ1) is 16.1. The maximum atomic E-state index is 8.89. The standard InChI is InChI=1S/C2H4O2.ClH.Pd/c1-2(3)4;;/h1H3,(H,3,4);1H;/q;;+2/p-2. The Hall–Kier alpha value is 0.422. The molecule has 0 aromatic rings. The van der Waals surface area contributed by atoms with Crippen molar-refractivity contribution in [2.75, 3.05) is 0 Å². The van der Waals surface area contributed by atoms with Crippen molar-refractivity contribution >= 4 is 5.97 Å². The summed E-state index contributed by atoms with van der Waals surface area (Å²) in [6.07, 6.45) is 0. The Bertz CT molecular complexity index is 34.5. The molecule has 2 nitrogen and oxygen atoms in total. The van der Waals surface area contributed by atoms with Crippen molar-refractivity contribution in [3.63, 3.8) is 0 Å². The van der Waals surface area contributed by atoms with Gasteiger partial charge < -0.3 is 22.3 Å². The maximum Gasteiger partial charge on any atom is 2.00 e. The van der Waals surface area contributed by atoms with Crippen LogP contribution in [-0.2, 0) is 25.2 Å². The Labute approximate surface area is 56.0 Å². The van der Waals surface area contributed by atoms with Gasteiger partial charge in [-0.3, -0.25) is 0 Å². The minimum atomic E-state index is -1.08. The van der Waals surface area contributed by atoms with E-state index in [9.17, 15) is 0 Å². The van der Waals surface area contributed by atoms with Gasteiger partial charge in [-0.2, -0.15) is 0 Å². The van der Waals surface area contributed by atoms with Crippen LogP contribution in [0.15, 0.2) is 0 Å². The van der Waals surface area contributed by atoms with Crippen LogP contribution in [0.1, 0.15) is 6.92 Å². The summed E-state index contributed by atoms with van der Waals surface area (Å²) in [5.41, 5.74) is 0. The predicted octanol–water partition coefficient (Wildman–Crippen LogP) is -4.24. The second kappa shape index (κ2) is 9.05. The van der Waals surface area contributed by atoms with E-state index >= 15 is 0 Å². The molecule has 0 amide bonds. The molecule has 4 heteroatoms. The second-order valence-electron chi connectivity index (χ2n) is 0.492. The van der Waals surface area contributed by atoms with Gasteiger partial charge in [0.2, 0.25) is 0 Å². The van der Waals surface area contributed by atoms with Gasteiger partial charge in [0, 0.05) is 5.97 Å². The average molecular weight is 201 g/mol. The zero-order chi connectivity index (χ0) is 3.58. The van der Waals surface area contributed by atoms with E-state index in [2.05, 4.69) is 0 Å². The topological polar surface area (TPSA) is 40.1 Å². The van der Waals surface area contributed by atoms with E-state index in [1.807, 2.05) is 0 Å². The van der Waals surface area contributed by atoms with Crippen molar-refractivity contribution in [2.45, 2.75) is 6.92 Å². The van der Waals surface area contributed by atoms with Crippen LogP contribution in [0.2, 0.25) is 0 Å². The van der Waals surface area contributed by atoms with Crippen molar-refractivity contribution in [3.05, 3.63) is 0 Å². The van der Waals surface area contributed by atoms with Crippen LogP contribution in [0, 0.1) is 0 Å². The Morgan fingerprint density at radius 2 is 1.67 bits per heavy atom. The molecule has 0 heterocycles. The summed E-state index contributed by atoms with van der Waals surface area (Å²) < 4.78 is 0. The maximum absolute atomic E-state index is 8.89. The van der Waals surface area contributed by atoms with E-state index < -0.39 is 5.97 Å². The van der Waals surface area contributed by atoms with Gasteiger partial charge in [-0.25, -0.2) is 0 Å². The zero-order valence-corrected chi connectivity index (χ0v) is 5.32. The third kappa shape index (κ3) is 290. The van der Waals surface area contributed by atoms with Gasteiger partial charge in [-0.05, 0) is 6.92 Å². The van der Waals surface area contributed by atoms with E-state index in [0.717, 1.165) is 6.92 Å². The zero-order valence-electron chi connectivity index (χ0n) is 3.01. The molecule has 0 aromatic carbocycles. The van der Waals surface area contributed by atoms with Gasteiger partial charge >= 0.3 is 20.4 Å². The average Bonchev–Trinajstić information content (AvgIpc) is 0.811. The van der Waals surface area contributed by atoms with Crippen LogP contribution in [0.25, 0.3) is 0 Å². The van der Waals surface area contributed by atoms with E-state index in [0.29, 0.717) is 0 Å². The third-order valence-electron chi connectivity index (χ3n) is 0. The van der Waals surface area contributed by atoms with Crippen LogP contribution in [0.5, 0.6) is 0 Å². The first-order chi connectivity index (χ1) is 1.73. The molecular formula is C2H3ClO2Pd. The molecule has 40 valence electrons. The van der Waals surface area contributed by atoms with Gasteiger partial charge in [0.25, 0.3) is 0 Å². The summed E-state index contributed by atoms with van der Waals surface area (Å²) in [5.74, 6) is -1.08. The summed E-state index contributed by atoms with van der Waals surface area (Å²) >= 11 is 0. The number of rotatable bonds is 0. The molecule has 0 rings (SSSR count). The number of hydrogen-bond donors (Lipinski definition) is 0. The molecule has 0 bridgehead atoms. The fourth-order valence-electron chi connectivity index (χ4n) is 0. The first-order valence-corrected chi connectivity index (χ1v) is 0.908. The number of carboxylic acids is 1. The van der Waals surface area contributed by atoms with Gasteiger partial charge in [0.15, 0.2) is 0 Å². The molecule has 0 aromatic heterocycles. The number of halogens is 1. The monoisotopic (exact) mass is 200 g/mol. The van der Waals surface area contributed by atoms with Crippen molar-refractivity contribution < 1.29 is 42.7 Å². The second-order valence-corrected chi connectivity index (χ2v) is 0.492. The first-order valence-electron chi connectivity index (χ1n) is 0.908. The quantitative estimate of drug-likeness (QED) is 0.372.